The third-order valence-corrected chi connectivity index (χ3v) is 1.49. The van der Waals surface area contributed by atoms with Crippen LogP contribution in [-0.4, -0.2) is 5.11 Å². The van der Waals surface area contributed by atoms with Gasteiger partial charge in [-0.05, 0) is 28.9 Å². The number of furan rings is 1. The number of aliphatic hydroxyl groups excluding tert-OH is 1. The molecule has 50 valence electrons. The maximum absolute atomic E-state index is 8.96. The highest BCUT2D eigenvalue weighted by molar-refractivity contribution is 9.10. The minimum atomic E-state index is -0.444. The lowest BCUT2D eigenvalue weighted by atomic mass is 10.2. The zero-order valence-corrected chi connectivity index (χ0v) is 6.55. The Kier molecular flexibility index (Phi) is 1.93. The largest absolute Gasteiger partial charge is 0.457 e. The molecule has 1 heterocycles. The molecule has 0 fully saturated rings. The van der Waals surface area contributed by atoms with Crippen molar-refractivity contribution in [1.82, 2.24) is 0 Å². The average molecular weight is 191 g/mol. The molecule has 1 rings (SSSR count). The van der Waals surface area contributed by atoms with E-state index in [1.807, 2.05) is 0 Å². The second kappa shape index (κ2) is 2.54. The van der Waals surface area contributed by atoms with E-state index in [0.717, 1.165) is 5.56 Å². The van der Waals surface area contributed by atoms with Crippen LogP contribution >= 0.6 is 15.9 Å². The third-order valence-electron chi connectivity index (χ3n) is 1.07. The van der Waals surface area contributed by atoms with Gasteiger partial charge >= 0.3 is 0 Å². The summed E-state index contributed by atoms with van der Waals surface area (Å²) in [4.78, 5) is 0. The van der Waals surface area contributed by atoms with Crippen molar-refractivity contribution in [3.8, 4) is 0 Å². The molecule has 0 aliphatic rings. The summed E-state index contributed by atoms with van der Waals surface area (Å²) in [6.07, 6.45) is 1.08. The lowest BCUT2D eigenvalue weighted by Crippen LogP contribution is -1.84. The fourth-order valence-corrected chi connectivity index (χ4v) is 0.900. The zero-order chi connectivity index (χ0) is 6.85. The Hall–Kier alpha value is -0.280. The van der Waals surface area contributed by atoms with E-state index in [9.17, 15) is 0 Å². The Labute approximate surface area is 61.6 Å². The first-order valence-corrected chi connectivity index (χ1v) is 3.41. The van der Waals surface area contributed by atoms with Crippen molar-refractivity contribution < 1.29 is 9.52 Å². The highest BCUT2D eigenvalue weighted by atomic mass is 79.9. The number of hydrogen-bond acceptors (Lipinski definition) is 2. The van der Waals surface area contributed by atoms with Crippen LogP contribution in [0.1, 0.15) is 18.6 Å². The minimum absolute atomic E-state index is 0.444. The van der Waals surface area contributed by atoms with E-state index in [2.05, 4.69) is 15.9 Å². The van der Waals surface area contributed by atoms with Gasteiger partial charge in [-0.15, -0.1) is 0 Å². The first kappa shape index (κ1) is 6.83. The first-order valence-electron chi connectivity index (χ1n) is 2.62. The van der Waals surface area contributed by atoms with Gasteiger partial charge in [-0.2, -0.15) is 0 Å². The highest BCUT2D eigenvalue weighted by Crippen LogP contribution is 2.19. The van der Waals surface area contributed by atoms with Crippen LogP contribution in [-0.2, 0) is 0 Å². The second-order valence-electron chi connectivity index (χ2n) is 1.86. The van der Waals surface area contributed by atoms with Crippen LogP contribution in [0.5, 0.6) is 0 Å². The highest BCUT2D eigenvalue weighted by Gasteiger charge is 2.02. The average Bonchev–Trinajstić information content (AvgIpc) is 2.14. The van der Waals surface area contributed by atoms with Gasteiger partial charge in [0.05, 0.1) is 12.4 Å². The third kappa shape index (κ3) is 1.56. The van der Waals surface area contributed by atoms with E-state index in [4.69, 9.17) is 9.52 Å². The Morgan fingerprint density at radius 1 is 1.78 bits per heavy atom. The number of halogens is 1. The van der Waals surface area contributed by atoms with Crippen LogP contribution in [0.4, 0.5) is 0 Å². The van der Waals surface area contributed by atoms with Crippen LogP contribution in [0.25, 0.3) is 0 Å². The molecule has 0 radical (unpaired) electrons. The van der Waals surface area contributed by atoms with Gasteiger partial charge < -0.3 is 9.52 Å². The molecule has 0 aliphatic carbocycles. The molecule has 0 saturated heterocycles. The zero-order valence-electron chi connectivity index (χ0n) is 4.97. The van der Waals surface area contributed by atoms with E-state index in [1.54, 1.807) is 13.0 Å². The smallest absolute Gasteiger partial charge is 0.169 e. The Bertz CT molecular complexity index is 193. The summed E-state index contributed by atoms with van der Waals surface area (Å²) in [5.41, 5.74) is 0.793. The van der Waals surface area contributed by atoms with Crippen molar-refractivity contribution in [2.24, 2.45) is 0 Å². The predicted octanol–water partition coefficient (Wildman–Crippen LogP) is 2.10. The second-order valence-corrected chi connectivity index (χ2v) is 2.64. The summed E-state index contributed by atoms with van der Waals surface area (Å²) in [6.45, 7) is 1.69. The van der Waals surface area contributed by atoms with Gasteiger partial charge in [0, 0.05) is 5.56 Å². The lowest BCUT2D eigenvalue weighted by molar-refractivity contribution is 0.198. The summed E-state index contributed by atoms with van der Waals surface area (Å²) >= 11 is 3.12. The normalized spacial score (nSPS) is 13.7. The fourth-order valence-electron chi connectivity index (χ4n) is 0.542. The molecule has 0 aliphatic heterocycles. The molecule has 1 atom stereocenters. The van der Waals surface area contributed by atoms with Gasteiger partial charge in [0.25, 0.3) is 0 Å². The molecule has 3 heteroatoms. The molecule has 0 amide bonds. The Balaban J connectivity index is 2.85. The molecular formula is C6H7BrO2. The number of rotatable bonds is 1. The Morgan fingerprint density at radius 3 is 2.67 bits per heavy atom. The topological polar surface area (TPSA) is 33.4 Å². The maximum Gasteiger partial charge on any atom is 0.169 e. The minimum Gasteiger partial charge on any atom is -0.457 e. The monoisotopic (exact) mass is 190 g/mol. The number of aliphatic hydroxyl groups is 1. The van der Waals surface area contributed by atoms with Gasteiger partial charge in [0.15, 0.2) is 4.67 Å². The van der Waals surface area contributed by atoms with Crippen LogP contribution < -0.4 is 0 Å². The first-order chi connectivity index (χ1) is 4.20. The van der Waals surface area contributed by atoms with Crippen molar-refractivity contribution in [1.29, 1.82) is 0 Å². The maximum atomic E-state index is 8.96. The van der Waals surface area contributed by atoms with E-state index in [-0.39, 0.29) is 0 Å². The number of hydrogen-bond donors (Lipinski definition) is 1. The SMILES string of the molecule is CC(O)c1coc(Br)c1. The van der Waals surface area contributed by atoms with Crippen molar-refractivity contribution in [2.45, 2.75) is 13.0 Å². The van der Waals surface area contributed by atoms with Crippen molar-refractivity contribution in [3.05, 3.63) is 22.6 Å². The van der Waals surface area contributed by atoms with Crippen LogP contribution in [0, 0.1) is 0 Å². The van der Waals surface area contributed by atoms with Crippen LogP contribution in [0.2, 0.25) is 0 Å². The van der Waals surface area contributed by atoms with E-state index < -0.39 is 6.10 Å². The van der Waals surface area contributed by atoms with Gasteiger partial charge in [-0.1, -0.05) is 0 Å². The summed E-state index contributed by atoms with van der Waals surface area (Å²) in [5.74, 6) is 0. The van der Waals surface area contributed by atoms with E-state index >= 15 is 0 Å². The van der Waals surface area contributed by atoms with Gasteiger partial charge in [-0.3, -0.25) is 0 Å². The molecule has 2 nitrogen and oxygen atoms in total. The standard InChI is InChI=1S/C6H7BrO2/c1-4(8)5-2-6(7)9-3-5/h2-4,8H,1H3. The van der Waals surface area contributed by atoms with E-state index in [0.29, 0.717) is 4.67 Å². The summed E-state index contributed by atoms with van der Waals surface area (Å²) in [7, 11) is 0. The quantitative estimate of drug-likeness (QED) is 0.737. The van der Waals surface area contributed by atoms with Crippen LogP contribution in [0.3, 0.4) is 0 Å². The molecular weight excluding hydrogens is 184 g/mol. The van der Waals surface area contributed by atoms with Crippen molar-refractivity contribution >= 4 is 15.9 Å². The van der Waals surface area contributed by atoms with E-state index in [1.165, 1.54) is 6.26 Å². The van der Waals surface area contributed by atoms with Crippen molar-refractivity contribution in [2.75, 3.05) is 0 Å². The summed E-state index contributed by atoms with van der Waals surface area (Å²) < 4.78 is 5.53. The Morgan fingerprint density at radius 2 is 2.44 bits per heavy atom. The molecule has 9 heavy (non-hydrogen) atoms. The molecule has 1 N–H and O–H groups in total. The molecule has 0 saturated carbocycles. The molecule has 0 spiro atoms. The van der Waals surface area contributed by atoms with Gasteiger partial charge in [-0.25, -0.2) is 0 Å². The van der Waals surface area contributed by atoms with Gasteiger partial charge in [0.2, 0.25) is 0 Å². The summed E-state index contributed by atoms with van der Waals surface area (Å²) in [6, 6.07) is 1.74. The summed E-state index contributed by atoms with van der Waals surface area (Å²) in [5, 5.41) is 8.96. The molecule has 1 unspecified atom stereocenters. The fraction of sp³-hybridized carbons (Fsp3) is 0.333. The molecule has 1 aromatic rings. The van der Waals surface area contributed by atoms with Crippen molar-refractivity contribution in [3.63, 3.8) is 0 Å². The van der Waals surface area contributed by atoms with Gasteiger partial charge in [0.1, 0.15) is 0 Å². The molecule has 0 bridgehead atoms. The molecule has 1 aromatic heterocycles. The predicted molar refractivity (Wildman–Crippen MR) is 37.0 cm³/mol. The molecule has 0 aromatic carbocycles. The lowest BCUT2D eigenvalue weighted by Gasteiger charge is -1.94. The van der Waals surface area contributed by atoms with Crippen LogP contribution in [0.15, 0.2) is 21.4 Å².